The van der Waals surface area contributed by atoms with Crippen molar-refractivity contribution in [1.82, 2.24) is 19.9 Å². The quantitative estimate of drug-likeness (QED) is 0.285. The zero-order valence-corrected chi connectivity index (χ0v) is 23.9. The Bertz CT molecular complexity index is 1580. The highest BCUT2D eigenvalue weighted by molar-refractivity contribution is 5.97. The minimum atomic E-state index is -0.754. The Morgan fingerprint density at radius 2 is 1.77 bits per heavy atom. The van der Waals surface area contributed by atoms with Gasteiger partial charge < -0.3 is 19.9 Å². The zero-order chi connectivity index (χ0) is 29.6. The average molecular weight is 583 g/mol. The van der Waals surface area contributed by atoms with E-state index in [0.29, 0.717) is 30.8 Å². The van der Waals surface area contributed by atoms with Crippen molar-refractivity contribution in [2.45, 2.75) is 38.4 Å². The summed E-state index contributed by atoms with van der Waals surface area (Å²) in [6.07, 6.45) is 6.47. The third-order valence-corrected chi connectivity index (χ3v) is 8.16. The van der Waals surface area contributed by atoms with Crippen LogP contribution in [0.4, 0.5) is 15.8 Å². The van der Waals surface area contributed by atoms with Gasteiger partial charge in [-0.05, 0) is 79.3 Å². The molecule has 1 aromatic heterocycles. The van der Waals surface area contributed by atoms with Gasteiger partial charge in [-0.1, -0.05) is 41.6 Å². The lowest BCUT2D eigenvalue weighted by atomic mass is 9.85. The number of nitrogens with zero attached hydrogens (tertiary/aromatic N) is 5. The summed E-state index contributed by atoms with van der Waals surface area (Å²) in [6, 6.07) is 20.5. The second kappa shape index (κ2) is 13.2. The predicted molar refractivity (Wildman–Crippen MR) is 163 cm³/mol. The molecule has 1 N–H and O–H groups in total. The van der Waals surface area contributed by atoms with Crippen molar-refractivity contribution in [2.75, 3.05) is 36.5 Å². The lowest BCUT2D eigenvalue weighted by Crippen LogP contribution is -2.52. The number of benzene rings is 3. The normalized spacial score (nSPS) is 17.5. The highest BCUT2D eigenvalue weighted by Crippen LogP contribution is 2.29. The van der Waals surface area contributed by atoms with Gasteiger partial charge in [0.05, 0.1) is 18.7 Å². The molecule has 1 saturated heterocycles. The van der Waals surface area contributed by atoms with Gasteiger partial charge in [0.15, 0.2) is 0 Å². The summed E-state index contributed by atoms with van der Waals surface area (Å²) in [5, 5.41) is 11.5. The minimum Gasteiger partial charge on any atom is -0.378 e. The van der Waals surface area contributed by atoms with Crippen LogP contribution in [0.15, 0.2) is 84.9 Å². The maximum Gasteiger partial charge on any atom is 0.247 e. The Morgan fingerprint density at radius 1 is 1.00 bits per heavy atom. The van der Waals surface area contributed by atoms with Gasteiger partial charge in [0, 0.05) is 31.0 Å². The SMILES string of the molecule is O=C(Nc1ccc(N2CCOCC2)cc1)[C@@H]([C@@H]1CC=CCC1)N(Cc1ccc(F)cc1)C(=O)Cn1nnc2ccccc21. The number of carbonyl (C=O) groups is 2. The number of hydrogen-bond donors (Lipinski definition) is 1. The molecule has 1 fully saturated rings. The van der Waals surface area contributed by atoms with E-state index in [0.717, 1.165) is 42.7 Å². The first kappa shape index (κ1) is 28.5. The molecule has 6 rings (SSSR count). The van der Waals surface area contributed by atoms with Crippen molar-refractivity contribution in [3.8, 4) is 0 Å². The van der Waals surface area contributed by atoms with Crippen molar-refractivity contribution >= 4 is 34.2 Å². The number of morpholine rings is 1. The first-order valence-electron chi connectivity index (χ1n) is 14.8. The molecule has 0 bridgehead atoms. The lowest BCUT2D eigenvalue weighted by molar-refractivity contribution is -0.142. The Balaban J connectivity index is 1.29. The molecule has 43 heavy (non-hydrogen) atoms. The summed E-state index contributed by atoms with van der Waals surface area (Å²) in [5.74, 6) is -0.965. The van der Waals surface area contributed by atoms with Gasteiger partial charge in [-0.2, -0.15) is 0 Å². The topological polar surface area (TPSA) is 92.6 Å². The summed E-state index contributed by atoms with van der Waals surface area (Å²) in [7, 11) is 0. The number of hydrogen-bond acceptors (Lipinski definition) is 6. The van der Waals surface area contributed by atoms with E-state index >= 15 is 0 Å². The van der Waals surface area contributed by atoms with Crippen molar-refractivity contribution in [3.63, 3.8) is 0 Å². The highest BCUT2D eigenvalue weighted by atomic mass is 19.1. The number of para-hydroxylation sites is 1. The van der Waals surface area contributed by atoms with Crippen LogP contribution in [0.25, 0.3) is 11.0 Å². The molecule has 2 atom stereocenters. The molecule has 0 spiro atoms. The highest BCUT2D eigenvalue weighted by Gasteiger charge is 2.37. The number of amides is 2. The molecular weight excluding hydrogens is 547 g/mol. The van der Waals surface area contributed by atoms with Crippen molar-refractivity contribution < 1.29 is 18.7 Å². The van der Waals surface area contributed by atoms with Gasteiger partial charge >= 0.3 is 0 Å². The first-order valence-corrected chi connectivity index (χ1v) is 14.8. The maximum absolute atomic E-state index is 14.2. The number of rotatable bonds is 9. The molecule has 0 saturated carbocycles. The van der Waals surface area contributed by atoms with Gasteiger partial charge in [-0.3, -0.25) is 9.59 Å². The summed E-state index contributed by atoms with van der Waals surface area (Å²) in [6.45, 7) is 3.11. The third-order valence-electron chi connectivity index (χ3n) is 8.16. The van der Waals surface area contributed by atoms with Gasteiger partial charge in [0.25, 0.3) is 0 Å². The van der Waals surface area contributed by atoms with E-state index in [-0.39, 0.29) is 36.6 Å². The van der Waals surface area contributed by atoms with Crippen LogP contribution < -0.4 is 10.2 Å². The molecule has 9 nitrogen and oxygen atoms in total. The van der Waals surface area contributed by atoms with Crippen molar-refractivity contribution in [1.29, 1.82) is 0 Å². The molecule has 0 unspecified atom stereocenters. The number of ether oxygens (including phenoxy) is 1. The molecule has 2 amide bonds. The van der Waals surface area contributed by atoms with Crippen molar-refractivity contribution in [2.24, 2.45) is 5.92 Å². The van der Waals surface area contributed by atoms with Crippen LogP contribution in [0.5, 0.6) is 0 Å². The van der Waals surface area contributed by atoms with E-state index in [2.05, 4.69) is 32.7 Å². The lowest BCUT2D eigenvalue weighted by Gasteiger charge is -2.37. The van der Waals surface area contributed by atoms with Crippen LogP contribution in [-0.4, -0.2) is 64.1 Å². The fourth-order valence-electron chi connectivity index (χ4n) is 5.89. The summed E-state index contributed by atoms with van der Waals surface area (Å²) in [5.41, 5.74) is 3.89. The second-order valence-electron chi connectivity index (χ2n) is 11.0. The summed E-state index contributed by atoms with van der Waals surface area (Å²) in [4.78, 5) is 32.2. The number of nitrogens with one attached hydrogen (secondary N) is 1. The second-order valence-corrected chi connectivity index (χ2v) is 11.0. The van der Waals surface area contributed by atoms with Crippen molar-refractivity contribution in [3.05, 3.63) is 96.3 Å². The summed E-state index contributed by atoms with van der Waals surface area (Å²) >= 11 is 0. The third kappa shape index (κ3) is 6.75. The Kier molecular flexibility index (Phi) is 8.74. The van der Waals surface area contributed by atoms with Gasteiger partial charge in [-0.15, -0.1) is 5.10 Å². The van der Waals surface area contributed by atoms with E-state index in [1.807, 2.05) is 48.5 Å². The van der Waals surface area contributed by atoms with Crippen LogP contribution in [-0.2, 0) is 27.4 Å². The van der Waals surface area contributed by atoms with E-state index < -0.39 is 6.04 Å². The van der Waals surface area contributed by atoms with Crippen LogP contribution in [0.1, 0.15) is 24.8 Å². The van der Waals surface area contributed by atoms with Crippen LogP contribution in [0, 0.1) is 11.7 Å². The van der Waals surface area contributed by atoms with E-state index in [4.69, 9.17) is 4.74 Å². The van der Waals surface area contributed by atoms with Crippen LogP contribution in [0.3, 0.4) is 0 Å². The fourth-order valence-corrected chi connectivity index (χ4v) is 5.89. The Hall–Kier alpha value is -4.57. The number of allylic oxidation sites excluding steroid dienone is 2. The van der Waals surface area contributed by atoms with E-state index in [1.165, 1.54) is 12.1 Å². The largest absolute Gasteiger partial charge is 0.378 e. The molecule has 4 aromatic rings. The van der Waals surface area contributed by atoms with E-state index in [9.17, 15) is 14.0 Å². The molecule has 1 aliphatic heterocycles. The van der Waals surface area contributed by atoms with Gasteiger partial charge in [0.2, 0.25) is 11.8 Å². The fraction of sp³-hybridized carbons (Fsp3) is 0.333. The molecule has 10 heteroatoms. The maximum atomic E-state index is 14.2. The molecule has 222 valence electrons. The molecule has 2 aliphatic rings. The number of carbonyl (C=O) groups excluding carboxylic acids is 2. The number of anilines is 2. The smallest absolute Gasteiger partial charge is 0.247 e. The number of fused-ring (bicyclic) bond motifs is 1. The minimum absolute atomic E-state index is 0.0811. The van der Waals surface area contributed by atoms with Crippen LogP contribution in [0.2, 0.25) is 0 Å². The predicted octanol–water partition coefficient (Wildman–Crippen LogP) is 4.80. The summed E-state index contributed by atoms with van der Waals surface area (Å²) < 4.78 is 20.8. The van der Waals surface area contributed by atoms with E-state index in [1.54, 1.807) is 21.7 Å². The number of halogens is 1. The molecule has 3 aromatic carbocycles. The first-order chi connectivity index (χ1) is 21.0. The molecule has 1 aliphatic carbocycles. The standard InChI is InChI=1S/C33H35FN6O3/c34-26-12-10-24(11-13-26)22-39(31(41)23-40-30-9-5-4-8-29(30)36-37-40)32(25-6-2-1-3-7-25)33(42)35-27-14-16-28(17-15-27)38-18-20-43-21-19-38/h1-2,4-5,8-17,25,32H,3,6-7,18-23H2,(H,35,42)/t25-,32-/m1/s1. The zero-order valence-electron chi connectivity index (χ0n) is 23.9. The van der Waals surface area contributed by atoms with Gasteiger partial charge in [0.1, 0.15) is 23.9 Å². The van der Waals surface area contributed by atoms with Crippen LogP contribution >= 0.6 is 0 Å². The molecule has 2 heterocycles. The monoisotopic (exact) mass is 582 g/mol. The molecule has 0 radical (unpaired) electrons. The van der Waals surface area contributed by atoms with Gasteiger partial charge in [-0.25, -0.2) is 9.07 Å². The Morgan fingerprint density at radius 3 is 2.51 bits per heavy atom. The molecular formula is C33H35FN6O3. The Labute approximate surface area is 249 Å². The number of aromatic nitrogens is 3. The average Bonchev–Trinajstić information content (AvgIpc) is 3.45.